The fraction of sp³-hybridized carbons (Fsp3) is 0.412. The number of ether oxygens (including phenoxy) is 1. The van der Waals surface area contributed by atoms with Gasteiger partial charge in [0.25, 0.3) is 5.91 Å². The summed E-state index contributed by atoms with van der Waals surface area (Å²) >= 11 is 0. The Morgan fingerprint density at radius 3 is 2.76 bits per heavy atom. The number of aryl methyl sites for hydroxylation is 1. The van der Waals surface area contributed by atoms with Gasteiger partial charge >= 0.3 is 12.0 Å². The Morgan fingerprint density at radius 2 is 2.08 bits per heavy atom. The Labute approximate surface area is 144 Å². The molecule has 2 heterocycles. The number of urea groups is 1. The quantitative estimate of drug-likeness (QED) is 0.652. The lowest BCUT2D eigenvalue weighted by atomic mass is 10.1. The van der Waals surface area contributed by atoms with E-state index in [4.69, 9.17) is 0 Å². The Kier molecular flexibility index (Phi) is 4.43. The van der Waals surface area contributed by atoms with Crippen molar-refractivity contribution in [2.75, 3.05) is 25.5 Å². The second-order valence-corrected chi connectivity index (χ2v) is 6.13. The van der Waals surface area contributed by atoms with Crippen LogP contribution in [-0.2, 0) is 14.3 Å². The molecule has 1 atom stereocenters. The third kappa shape index (κ3) is 3.07. The van der Waals surface area contributed by atoms with E-state index >= 15 is 0 Å². The summed E-state index contributed by atoms with van der Waals surface area (Å²) in [6.07, 6.45) is 1.45. The molecule has 2 aliphatic heterocycles. The highest BCUT2D eigenvalue weighted by Crippen LogP contribution is 2.27. The van der Waals surface area contributed by atoms with E-state index in [0.29, 0.717) is 24.2 Å². The smallest absolute Gasteiger partial charge is 0.337 e. The first-order chi connectivity index (χ1) is 11.9. The normalized spacial score (nSPS) is 19.2. The van der Waals surface area contributed by atoms with Gasteiger partial charge in [0.1, 0.15) is 12.6 Å². The van der Waals surface area contributed by atoms with Crippen LogP contribution in [0, 0.1) is 6.92 Å². The van der Waals surface area contributed by atoms with Crippen molar-refractivity contribution in [3.8, 4) is 0 Å². The van der Waals surface area contributed by atoms with E-state index in [0.717, 1.165) is 16.9 Å². The Morgan fingerprint density at radius 1 is 1.32 bits per heavy atom. The predicted octanol–water partition coefficient (Wildman–Crippen LogP) is 1.15. The fourth-order valence-electron chi connectivity index (χ4n) is 3.16. The molecule has 8 nitrogen and oxygen atoms in total. The first-order valence-electron chi connectivity index (χ1n) is 8.03. The van der Waals surface area contributed by atoms with Gasteiger partial charge in [-0.3, -0.25) is 14.5 Å². The predicted molar refractivity (Wildman–Crippen MR) is 88.0 cm³/mol. The average molecular weight is 345 g/mol. The van der Waals surface area contributed by atoms with Crippen LogP contribution < -0.4 is 5.32 Å². The highest BCUT2D eigenvalue weighted by atomic mass is 16.5. The average Bonchev–Trinajstić information content (AvgIpc) is 3.16. The largest absolute Gasteiger partial charge is 0.465 e. The molecular weight excluding hydrogens is 326 g/mol. The van der Waals surface area contributed by atoms with Crippen LogP contribution in [0.3, 0.4) is 0 Å². The number of anilines is 1. The van der Waals surface area contributed by atoms with Crippen molar-refractivity contribution < 1.29 is 23.9 Å². The minimum absolute atomic E-state index is 0.303. The summed E-state index contributed by atoms with van der Waals surface area (Å²) in [4.78, 5) is 50.9. The molecule has 25 heavy (non-hydrogen) atoms. The monoisotopic (exact) mass is 345 g/mol. The standard InChI is InChI=1S/C17H19N3O5/c1-10-5-6-11(16(23)25-2)8-12(10)18-14(21)9-20-15(22)13-4-3-7-19(13)17(20)24/h5-6,8,13H,3-4,7,9H2,1-2H3,(H,18,21). The summed E-state index contributed by atoms with van der Waals surface area (Å²) in [7, 11) is 1.28. The van der Waals surface area contributed by atoms with Crippen LogP contribution in [0.25, 0.3) is 0 Å². The molecule has 4 amide bonds. The van der Waals surface area contributed by atoms with E-state index in [1.807, 2.05) is 0 Å². The summed E-state index contributed by atoms with van der Waals surface area (Å²) in [5.41, 5.74) is 1.49. The molecule has 132 valence electrons. The number of nitrogens with one attached hydrogen (secondary N) is 1. The zero-order chi connectivity index (χ0) is 18.1. The minimum Gasteiger partial charge on any atom is -0.465 e. The number of hydrogen-bond donors (Lipinski definition) is 1. The fourth-order valence-corrected chi connectivity index (χ4v) is 3.16. The second kappa shape index (κ2) is 6.54. The lowest BCUT2D eigenvalue weighted by Crippen LogP contribution is -2.39. The number of rotatable bonds is 4. The van der Waals surface area contributed by atoms with Crippen molar-refractivity contribution in [2.45, 2.75) is 25.8 Å². The Bertz CT molecular complexity index is 739. The molecule has 0 saturated carbocycles. The number of hydrogen-bond acceptors (Lipinski definition) is 5. The maximum atomic E-state index is 12.3. The van der Waals surface area contributed by atoms with E-state index in [-0.39, 0.29) is 12.5 Å². The van der Waals surface area contributed by atoms with Crippen molar-refractivity contribution in [2.24, 2.45) is 0 Å². The molecular formula is C17H19N3O5. The van der Waals surface area contributed by atoms with Crippen LogP contribution >= 0.6 is 0 Å². The number of amides is 4. The topological polar surface area (TPSA) is 96.0 Å². The zero-order valence-corrected chi connectivity index (χ0v) is 14.1. The zero-order valence-electron chi connectivity index (χ0n) is 14.1. The first-order valence-corrected chi connectivity index (χ1v) is 8.03. The highest BCUT2D eigenvalue weighted by molar-refractivity contribution is 6.08. The molecule has 8 heteroatoms. The highest BCUT2D eigenvalue weighted by Gasteiger charge is 2.47. The maximum Gasteiger partial charge on any atom is 0.337 e. The third-order valence-electron chi connectivity index (χ3n) is 4.51. The molecule has 3 rings (SSSR count). The van der Waals surface area contributed by atoms with E-state index < -0.39 is 23.9 Å². The number of benzene rings is 1. The van der Waals surface area contributed by atoms with Crippen molar-refractivity contribution in [3.05, 3.63) is 29.3 Å². The summed E-state index contributed by atoms with van der Waals surface area (Å²) < 4.78 is 4.66. The lowest BCUT2D eigenvalue weighted by Gasteiger charge is -2.16. The molecule has 1 unspecified atom stereocenters. The molecule has 2 saturated heterocycles. The van der Waals surface area contributed by atoms with Crippen LogP contribution in [0.4, 0.5) is 10.5 Å². The number of carbonyl (C=O) groups is 4. The van der Waals surface area contributed by atoms with Gasteiger partial charge in [-0.1, -0.05) is 6.07 Å². The molecule has 0 bridgehead atoms. The second-order valence-electron chi connectivity index (χ2n) is 6.13. The van der Waals surface area contributed by atoms with Gasteiger partial charge in [-0.05, 0) is 37.5 Å². The molecule has 0 aromatic heterocycles. The number of nitrogens with zero attached hydrogens (tertiary/aromatic N) is 2. The van der Waals surface area contributed by atoms with E-state index in [9.17, 15) is 19.2 Å². The van der Waals surface area contributed by atoms with Gasteiger partial charge in [0.15, 0.2) is 0 Å². The van der Waals surface area contributed by atoms with Gasteiger partial charge in [-0.25, -0.2) is 9.59 Å². The molecule has 2 aliphatic rings. The molecule has 0 aliphatic carbocycles. The van der Waals surface area contributed by atoms with Gasteiger partial charge in [-0.2, -0.15) is 0 Å². The van der Waals surface area contributed by atoms with E-state index in [1.165, 1.54) is 18.1 Å². The summed E-state index contributed by atoms with van der Waals surface area (Å²) in [6, 6.07) is 3.95. The van der Waals surface area contributed by atoms with Crippen LogP contribution in [0.15, 0.2) is 18.2 Å². The molecule has 1 aromatic rings. The van der Waals surface area contributed by atoms with Crippen molar-refractivity contribution in [1.29, 1.82) is 0 Å². The van der Waals surface area contributed by atoms with Crippen LogP contribution in [0.2, 0.25) is 0 Å². The van der Waals surface area contributed by atoms with Crippen molar-refractivity contribution >= 4 is 29.5 Å². The Balaban J connectivity index is 1.70. The molecule has 0 radical (unpaired) electrons. The van der Waals surface area contributed by atoms with Crippen molar-refractivity contribution in [3.63, 3.8) is 0 Å². The van der Waals surface area contributed by atoms with Gasteiger partial charge in [0.2, 0.25) is 5.91 Å². The third-order valence-corrected chi connectivity index (χ3v) is 4.51. The number of esters is 1. The van der Waals surface area contributed by atoms with Gasteiger partial charge < -0.3 is 15.0 Å². The van der Waals surface area contributed by atoms with Gasteiger partial charge in [-0.15, -0.1) is 0 Å². The molecule has 1 N–H and O–H groups in total. The van der Waals surface area contributed by atoms with Crippen LogP contribution in [0.5, 0.6) is 0 Å². The summed E-state index contributed by atoms with van der Waals surface area (Å²) in [5, 5.41) is 2.65. The van der Waals surface area contributed by atoms with E-state index in [2.05, 4.69) is 10.1 Å². The number of imide groups is 1. The molecule has 2 fully saturated rings. The summed E-state index contributed by atoms with van der Waals surface area (Å²) in [6.45, 7) is 1.99. The van der Waals surface area contributed by atoms with Crippen LogP contribution in [0.1, 0.15) is 28.8 Å². The van der Waals surface area contributed by atoms with Crippen LogP contribution in [-0.4, -0.2) is 59.9 Å². The maximum absolute atomic E-state index is 12.3. The van der Waals surface area contributed by atoms with E-state index in [1.54, 1.807) is 19.1 Å². The minimum atomic E-state index is -0.513. The van der Waals surface area contributed by atoms with Crippen molar-refractivity contribution in [1.82, 2.24) is 9.80 Å². The number of carbonyl (C=O) groups excluding carboxylic acids is 4. The lowest BCUT2D eigenvalue weighted by molar-refractivity contribution is -0.131. The molecule has 0 spiro atoms. The summed E-state index contributed by atoms with van der Waals surface area (Å²) in [5.74, 6) is -1.33. The van der Waals surface area contributed by atoms with Gasteiger partial charge in [0, 0.05) is 12.2 Å². The number of methoxy groups -OCH3 is 1. The SMILES string of the molecule is COC(=O)c1ccc(C)c(NC(=O)CN2C(=O)C3CCCN3C2=O)c1. The first kappa shape index (κ1) is 16.9. The molecule has 1 aromatic carbocycles. The number of fused-ring (bicyclic) bond motifs is 1. The van der Waals surface area contributed by atoms with Gasteiger partial charge in [0.05, 0.1) is 12.7 Å². The Hall–Kier alpha value is -2.90.